The first-order chi connectivity index (χ1) is 9.31. The Bertz CT molecular complexity index is 528. The highest BCUT2D eigenvalue weighted by molar-refractivity contribution is 5.78. The molecule has 1 atom stereocenters. The highest BCUT2D eigenvalue weighted by atomic mass is 16.5. The van der Waals surface area contributed by atoms with Crippen molar-refractivity contribution in [2.45, 2.75) is 32.3 Å². The summed E-state index contributed by atoms with van der Waals surface area (Å²) in [5.41, 5.74) is 5.70. The summed E-state index contributed by atoms with van der Waals surface area (Å²) in [7, 11) is 0. The largest absolute Gasteiger partial charge is 0.379 e. The Morgan fingerprint density at radius 3 is 2.00 bits per heavy atom. The van der Waals surface area contributed by atoms with Crippen LogP contribution in [0.3, 0.4) is 0 Å². The van der Waals surface area contributed by atoms with Crippen LogP contribution in [0.25, 0.3) is 11.1 Å². The molecule has 0 aromatic heterocycles. The van der Waals surface area contributed by atoms with Crippen molar-refractivity contribution in [3.05, 3.63) is 59.7 Å². The van der Waals surface area contributed by atoms with E-state index in [1.165, 1.54) is 22.3 Å². The zero-order valence-corrected chi connectivity index (χ0v) is 11.6. The normalized spacial score (nSPS) is 15.1. The molecule has 98 valence electrons. The van der Waals surface area contributed by atoms with Crippen molar-refractivity contribution >= 4 is 0 Å². The van der Waals surface area contributed by atoms with E-state index in [4.69, 9.17) is 4.74 Å². The smallest absolute Gasteiger partial charge is 0.0555 e. The summed E-state index contributed by atoms with van der Waals surface area (Å²) in [4.78, 5) is 0. The van der Waals surface area contributed by atoms with Crippen molar-refractivity contribution in [2.24, 2.45) is 0 Å². The Morgan fingerprint density at radius 1 is 0.947 bits per heavy atom. The number of fused-ring (bicyclic) bond motifs is 3. The lowest BCUT2D eigenvalue weighted by Crippen LogP contribution is -2.12. The number of hydrogen-bond donors (Lipinski definition) is 0. The second-order valence-electron chi connectivity index (χ2n) is 5.23. The summed E-state index contributed by atoms with van der Waals surface area (Å²) in [6.45, 7) is 5.03. The van der Waals surface area contributed by atoms with Crippen LogP contribution in [0.1, 0.15) is 37.3 Å². The molecule has 1 aliphatic carbocycles. The maximum atomic E-state index is 5.73. The van der Waals surface area contributed by atoms with Crippen LogP contribution in [-0.2, 0) is 4.74 Å². The van der Waals surface area contributed by atoms with E-state index < -0.39 is 0 Å². The van der Waals surface area contributed by atoms with Crippen LogP contribution in [0.4, 0.5) is 0 Å². The zero-order chi connectivity index (χ0) is 13.2. The summed E-state index contributed by atoms with van der Waals surface area (Å²) in [6.07, 6.45) is 1.36. The number of rotatable bonds is 4. The lowest BCUT2D eigenvalue weighted by atomic mass is 9.91. The molecule has 1 nitrogen and oxygen atoms in total. The van der Waals surface area contributed by atoms with Gasteiger partial charge in [0.25, 0.3) is 0 Å². The van der Waals surface area contributed by atoms with E-state index in [2.05, 4.69) is 62.4 Å². The second-order valence-corrected chi connectivity index (χ2v) is 5.23. The number of benzene rings is 2. The fraction of sp³-hybridized carbons (Fsp3) is 0.333. The Labute approximate surface area is 115 Å². The SMILES string of the molecule is CCOC(C)CC1c2ccccc2-c2ccccc21. The third-order valence-electron chi connectivity index (χ3n) is 3.98. The third kappa shape index (κ3) is 2.19. The molecule has 0 fully saturated rings. The molecule has 1 unspecified atom stereocenters. The van der Waals surface area contributed by atoms with Crippen LogP contribution in [0, 0.1) is 0 Å². The van der Waals surface area contributed by atoms with E-state index in [-0.39, 0.29) is 0 Å². The zero-order valence-electron chi connectivity index (χ0n) is 11.6. The lowest BCUT2D eigenvalue weighted by molar-refractivity contribution is 0.0677. The molecule has 19 heavy (non-hydrogen) atoms. The quantitative estimate of drug-likeness (QED) is 0.772. The number of ether oxygens (including phenoxy) is 1. The van der Waals surface area contributed by atoms with Crippen LogP contribution in [0.2, 0.25) is 0 Å². The molecule has 0 bridgehead atoms. The minimum Gasteiger partial charge on any atom is -0.379 e. The predicted molar refractivity (Wildman–Crippen MR) is 79.4 cm³/mol. The molecule has 0 saturated heterocycles. The first-order valence-electron chi connectivity index (χ1n) is 7.11. The molecule has 3 rings (SSSR count). The molecule has 2 aromatic carbocycles. The summed E-state index contributed by atoms with van der Waals surface area (Å²) in [5.74, 6) is 0.481. The predicted octanol–water partition coefficient (Wildman–Crippen LogP) is 4.61. The van der Waals surface area contributed by atoms with Gasteiger partial charge in [0.05, 0.1) is 6.10 Å². The van der Waals surface area contributed by atoms with Crippen molar-refractivity contribution in [3.8, 4) is 11.1 Å². The molecule has 0 heterocycles. The minimum atomic E-state index is 0.300. The fourth-order valence-corrected chi connectivity index (χ4v) is 3.20. The molecule has 0 spiro atoms. The Kier molecular flexibility index (Phi) is 3.39. The van der Waals surface area contributed by atoms with Crippen LogP contribution < -0.4 is 0 Å². The van der Waals surface area contributed by atoms with Gasteiger partial charge in [-0.05, 0) is 42.5 Å². The third-order valence-corrected chi connectivity index (χ3v) is 3.98. The van der Waals surface area contributed by atoms with Crippen molar-refractivity contribution in [2.75, 3.05) is 6.61 Å². The minimum absolute atomic E-state index is 0.300. The summed E-state index contributed by atoms with van der Waals surface area (Å²) >= 11 is 0. The van der Waals surface area contributed by atoms with Gasteiger partial charge in [0, 0.05) is 12.5 Å². The molecular formula is C18H20O. The van der Waals surface area contributed by atoms with E-state index in [0.717, 1.165) is 13.0 Å². The molecule has 0 aliphatic heterocycles. The van der Waals surface area contributed by atoms with Crippen LogP contribution in [-0.4, -0.2) is 12.7 Å². The highest BCUT2D eigenvalue weighted by Crippen LogP contribution is 2.46. The van der Waals surface area contributed by atoms with Crippen molar-refractivity contribution in [3.63, 3.8) is 0 Å². The number of hydrogen-bond acceptors (Lipinski definition) is 1. The summed E-state index contributed by atoms with van der Waals surface area (Å²) in [5, 5.41) is 0. The van der Waals surface area contributed by atoms with E-state index >= 15 is 0 Å². The van der Waals surface area contributed by atoms with Crippen LogP contribution >= 0.6 is 0 Å². The maximum Gasteiger partial charge on any atom is 0.0555 e. The Balaban J connectivity index is 2.00. The average molecular weight is 252 g/mol. The van der Waals surface area contributed by atoms with Gasteiger partial charge >= 0.3 is 0 Å². The first kappa shape index (κ1) is 12.4. The van der Waals surface area contributed by atoms with Gasteiger partial charge in [-0.1, -0.05) is 48.5 Å². The fourth-order valence-electron chi connectivity index (χ4n) is 3.20. The van der Waals surface area contributed by atoms with Gasteiger partial charge in [0.15, 0.2) is 0 Å². The molecule has 2 aromatic rings. The van der Waals surface area contributed by atoms with E-state index in [0.29, 0.717) is 12.0 Å². The first-order valence-corrected chi connectivity index (χ1v) is 7.11. The second kappa shape index (κ2) is 5.18. The van der Waals surface area contributed by atoms with Gasteiger partial charge in [-0.2, -0.15) is 0 Å². The van der Waals surface area contributed by atoms with Crippen LogP contribution in [0.15, 0.2) is 48.5 Å². The van der Waals surface area contributed by atoms with E-state index in [9.17, 15) is 0 Å². The highest BCUT2D eigenvalue weighted by Gasteiger charge is 2.28. The van der Waals surface area contributed by atoms with Crippen molar-refractivity contribution in [1.29, 1.82) is 0 Å². The molecule has 0 saturated carbocycles. The van der Waals surface area contributed by atoms with Gasteiger partial charge in [-0.15, -0.1) is 0 Å². The van der Waals surface area contributed by atoms with Gasteiger partial charge in [-0.25, -0.2) is 0 Å². The Morgan fingerprint density at radius 2 is 1.47 bits per heavy atom. The standard InChI is InChI=1S/C18H20O/c1-3-19-13(2)12-18-16-10-6-4-8-14(16)15-9-5-7-11-17(15)18/h4-11,13,18H,3,12H2,1-2H3. The molecular weight excluding hydrogens is 232 g/mol. The maximum absolute atomic E-state index is 5.73. The van der Waals surface area contributed by atoms with Crippen molar-refractivity contribution < 1.29 is 4.74 Å². The average Bonchev–Trinajstić information content (AvgIpc) is 2.75. The topological polar surface area (TPSA) is 9.23 Å². The summed E-state index contributed by atoms with van der Waals surface area (Å²) < 4.78 is 5.73. The van der Waals surface area contributed by atoms with Gasteiger partial charge in [0.2, 0.25) is 0 Å². The monoisotopic (exact) mass is 252 g/mol. The van der Waals surface area contributed by atoms with Gasteiger partial charge in [-0.3, -0.25) is 0 Å². The van der Waals surface area contributed by atoms with E-state index in [1.807, 2.05) is 0 Å². The van der Waals surface area contributed by atoms with Gasteiger partial charge in [0.1, 0.15) is 0 Å². The molecule has 1 aliphatic rings. The molecule has 1 heteroatoms. The molecule has 0 radical (unpaired) electrons. The Hall–Kier alpha value is -1.60. The lowest BCUT2D eigenvalue weighted by Gasteiger charge is -2.18. The molecule has 0 N–H and O–H groups in total. The van der Waals surface area contributed by atoms with Crippen molar-refractivity contribution in [1.82, 2.24) is 0 Å². The van der Waals surface area contributed by atoms with Gasteiger partial charge < -0.3 is 4.74 Å². The molecule has 0 amide bonds. The summed E-state index contributed by atoms with van der Waals surface area (Å²) in [6, 6.07) is 17.5. The van der Waals surface area contributed by atoms with Crippen LogP contribution in [0.5, 0.6) is 0 Å². The van der Waals surface area contributed by atoms with E-state index in [1.54, 1.807) is 0 Å².